The number of rotatable bonds is 36. The minimum atomic E-state index is -3.04. The zero-order valence-electron chi connectivity index (χ0n) is 62.2. The molecule has 8 aliphatic heterocycles. The Labute approximate surface area is 728 Å². The molecule has 0 aromatic heterocycles. The first-order chi connectivity index (χ1) is 45.5. The molecule has 0 saturated carbocycles. The van der Waals surface area contributed by atoms with E-state index >= 15 is 0 Å². The first kappa shape index (κ1) is 103. The van der Waals surface area contributed by atoms with E-state index in [1.165, 1.54) is 0 Å². The molecule has 5 radical (unpaired) electrons. The van der Waals surface area contributed by atoms with Crippen molar-refractivity contribution in [3.63, 3.8) is 0 Å². The van der Waals surface area contributed by atoms with Crippen molar-refractivity contribution in [1.82, 2.24) is 0 Å². The molecule has 0 spiro atoms. The van der Waals surface area contributed by atoms with Crippen molar-refractivity contribution in [3.05, 3.63) is 0 Å². The van der Waals surface area contributed by atoms with E-state index in [-0.39, 0.29) is 336 Å². The van der Waals surface area contributed by atoms with Crippen molar-refractivity contribution in [3.8, 4) is 0 Å². The summed E-state index contributed by atoms with van der Waals surface area (Å²) in [6.45, 7) is 31.3. The Hall–Kier alpha value is 5.81. The predicted molar refractivity (Wildman–Crippen MR) is 351 cm³/mol. The summed E-state index contributed by atoms with van der Waals surface area (Å²) in [6.07, 6.45) is -8.88. The summed E-state index contributed by atoms with van der Waals surface area (Å²) in [5.74, 6) is -0.225. The van der Waals surface area contributed by atoms with Crippen LogP contribution in [0.5, 0.6) is 0 Å². The maximum absolute atomic E-state index is 13.1. The smallest absolute Gasteiger partial charge is 0.382 e. The van der Waals surface area contributed by atoms with Crippen molar-refractivity contribution < 1.29 is 302 Å². The second kappa shape index (κ2) is 50.4. The van der Waals surface area contributed by atoms with Crippen LogP contribution in [-0.4, -0.2) is 228 Å². The summed E-state index contributed by atoms with van der Waals surface area (Å²) in [7, 11) is -11.0. The molecule has 41 heteroatoms. The number of hydrogen-bond acceptors (Lipinski definition) is 30. The molecule has 14 unspecified atom stereocenters. The SMILES string of the molecule is COC[C@H]1O[C@@H](C)C(C)[C@H]1O[PH](=O)OC[C@H]1O[C@@H](C)C(C)[C@H]1O[P+](=O)OC[C@H]1O[C@@H](C)C(C)[C@H]1O[PH](=O)OC[C@H]1O[C@@H](C)C(C)[C@H]1OC.COC[C@H]1O[C@@H](C)C(C)[C@H]1O[PH](=O)OC[C@H]1O[C@@H](C)C(C)[C@H]1O[PH](=O)OC[C@H]1O[C@@H](C)C(C)[C@H]1O[PH](=O)OC[C@H]1O[C@@H](C)C(C)[C@H]1OC.[Y].[Y].[Y].[Y].[Y]. The summed E-state index contributed by atoms with van der Waals surface area (Å²) >= 11 is 0. The normalized spacial score (nSPS) is 42.7. The van der Waals surface area contributed by atoms with Gasteiger partial charge in [0.15, 0.2) is 0 Å². The van der Waals surface area contributed by atoms with Crippen molar-refractivity contribution in [2.45, 2.75) is 257 Å². The standard InChI is InChI=1S/C30H57O15P3.C30H56O15P3.5Y/c2*1-15-19(5)40-24(27(15)35-10)12-36-46(31)44-29-17(3)21(7)42-26(29)14-38-48(33)45-30-18(4)22(8)41-25(30)13-37-47(32)43-28-16(2)20(6)39-23(28)11-34-9;;;;;/h15-30,46-48H,11-14H2,1-10H3;15-30,46-47H,11-14H2,1-10H3;;;;;/q;+1;;;;;/t2*15?,16?,17?,18?,19-,20-,21-,22-,23+,24+,25+,26+,27+,28+,29+,30+;;;;;/m00...../s1. The van der Waals surface area contributed by atoms with Crippen molar-refractivity contribution >= 4 is 49.5 Å². The Morgan fingerprint density at radius 2 is 0.446 bits per heavy atom. The minimum Gasteiger partial charge on any atom is -0.382 e. The van der Waals surface area contributed by atoms with Gasteiger partial charge < -0.3 is 102 Å². The molecular weight excluding hydrogens is 1830 g/mol. The van der Waals surface area contributed by atoms with Crippen LogP contribution in [0.3, 0.4) is 0 Å². The van der Waals surface area contributed by atoms with Gasteiger partial charge in [0.2, 0.25) is 0 Å². The van der Waals surface area contributed by atoms with Crippen LogP contribution in [0.25, 0.3) is 0 Å². The molecule has 577 valence electrons. The second-order valence-electron chi connectivity index (χ2n) is 27.0. The van der Waals surface area contributed by atoms with E-state index in [2.05, 4.69) is 0 Å². The van der Waals surface area contributed by atoms with Gasteiger partial charge in [-0.1, -0.05) is 55.4 Å². The molecule has 8 rings (SSSR count). The fourth-order valence-electron chi connectivity index (χ4n) is 13.6. The summed E-state index contributed by atoms with van der Waals surface area (Å²) < 4.78 is 215. The molecule has 0 amide bonds. The Morgan fingerprint density at radius 3 is 0.663 bits per heavy atom. The van der Waals surface area contributed by atoms with E-state index in [1.54, 1.807) is 28.4 Å². The van der Waals surface area contributed by atoms with E-state index in [1.807, 2.05) is 111 Å². The summed E-state index contributed by atoms with van der Waals surface area (Å²) in [4.78, 5) is 0. The third-order valence-electron chi connectivity index (χ3n) is 20.9. The molecule has 8 aliphatic rings. The van der Waals surface area contributed by atoms with Gasteiger partial charge in [-0.15, -0.1) is 9.05 Å². The average Bonchev–Trinajstić information content (AvgIpc) is 1.66. The average molecular weight is 1940 g/mol. The third-order valence-corrected chi connectivity index (χ3v) is 26.0. The minimum absolute atomic E-state index is 0. The Morgan fingerprint density at radius 1 is 0.267 bits per heavy atom. The van der Waals surface area contributed by atoms with Gasteiger partial charge in [-0.3, -0.25) is 22.8 Å². The molecule has 0 aromatic carbocycles. The van der Waals surface area contributed by atoms with Crippen LogP contribution in [-0.2, 0) is 302 Å². The van der Waals surface area contributed by atoms with Gasteiger partial charge in [0.25, 0.3) is 0 Å². The molecular formula is C60H113O30P6Y5+. The van der Waals surface area contributed by atoms with Crippen LogP contribution in [0.4, 0.5) is 0 Å². The largest absolute Gasteiger partial charge is 0.697 e. The van der Waals surface area contributed by atoms with E-state index in [0.29, 0.717) is 13.2 Å². The van der Waals surface area contributed by atoms with Crippen LogP contribution >= 0.6 is 49.5 Å². The van der Waals surface area contributed by atoms with Crippen LogP contribution in [0.1, 0.15) is 111 Å². The van der Waals surface area contributed by atoms with E-state index in [4.69, 9.17) is 111 Å². The molecule has 8 fully saturated rings. The van der Waals surface area contributed by atoms with Crippen molar-refractivity contribution in [2.75, 3.05) is 81.3 Å². The molecule has 30 nitrogen and oxygen atoms in total. The van der Waals surface area contributed by atoms with Gasteiger partial charge in [0.1, 0.15) is 92.1 Å². The number of ether oxygens (including phenoxy) is 12. The van der Waals surface area contributed by atoms with Crippen LogP contribution in [0.15, 0.2) is 0 Å². The number of methoxy groups -OCH3 is 4. The third kappa shape index (κ3) is 29.1. The molecule has 0 aromatic rings. The van der Waals surface area contributed by atoms with E-state index in [9.17, 15) is 27.4 Å². The fraction of sp³-hybridized carbons (Fsp3) is 1.00. The van der Waals surface area contributed by atoms with Gasteiger partial charge in [0, 0.05) is 244 Å². The van der Waals surface area contributed by atoms with Gasteiger partial charge in [-0.2, -0.15) is 0 Å². The summed E-state index contributed by atoms with van der Waals surface area (Å²) in [5, 5.41) is 0. The summed E-state index contributed by atoms with van der Waals surface area (Å²) in [6, 6.07) is 0. The monoisotopic (exact) mass is 1940 g/mol. The molecule has 101 heavy (non-hydrogen) atoms. The van der Waals surface area contributed by atoms with Crippen LogP contribution in [0.2, 0.25) is 0 Å². The second-order valence-corrected chi connectivity index (χ2v) is 33.1. The van der Waals surface area contributed by atoms with Gasteiger partial charge in [-0.05, 0) is 55.4 Å². The summed E-state index contributed by atoms with van der Waals surface area (Å²) in [5.41, 5.74) is 0. The Bertz CT molecular complexity index is 2370. The fourth-order valence-corrected chi connectivity index (χ4v) is 19.3. The maximum atomic E-state index is 13.1. The van der Waals surface area contributed by atoms with E-state index in [0.717, 1.165) is 0 Å². The quantitative estimate of drug-likeness (QED) is 0.0527. The molecule has 0 aliphatic carbocycles. The van der Waals surface area contributed by atoms with Gasteiger partial charge in [0.05, 0.1) is 107 Å². The maximum Gasteiger partial charge on any atom is 0.697 e. The molecule has 0 N–H and O–H groups in total. The molecule has 8 saturated heterocycles. The predicted octanol–water partition coefficient (Wildman–Crippen LogP) is 9.69. The van der Waals surface area contributed by atoms with Crippen molar-refractivity contribution in [1.29, 1.82) is 0 Å². The molecule has 38 atom stereocenters. The molecule has 0 bridgehead atoms. The molecule has 8 heterocycles. The van der Waals surface area contributed by atoms with Gasteiger partial charge in [-0.25, -0.2) is 0 Å². The Balaban J connectivity index is 0.000000654. The first-order valence-corrected chi connectivity index (χ1v) is 40.9. The first-order valence-electron chi connectivity index (χ1n) is 33.7. The van der Waals surface area contributed by atoms with Crippen LogP contribution < -0.4 is 0 Å². The van der Waals surface area contributed by atoms with Crippen molar-refractivity contribution in [2.24, 2.45) is 47.3 Å². The zero-order valence-corrected chi connectivity index (χ0v) is 82.3. The van der Waals surface area contributed by atoms with E-state index < -0.39 is 111 Å². The van der Waals surface area contributed by atoms with Gasteiger partial charge >= 0.3 is 49.5 Å². The topological polar surface area (TPSA) is 324 Å². The zero-order chi connectivity index (χ0) is 70.6. The Kier molecular flexibility index (Phi) is 51.4. The van der Waals surface area contributed by atoms with Crippen LogP contribution in [0, 0.1) is 47.3 Å². The number of hydrogen-bond donors (Lipinski definition) is 0.